The number of benzene rings is 1. The standard InChI is InChI=1S/C16H21BrF3N3O2Si/c1-26(2,3)9-8-24-11-23-15(25-10-16(18,19)20)21-14(22-23)12-4-6-13(17)7-5-12/h4-7H,8-11H2,1-3H3. The number of ether oxygens (including phenoxy) is 2. The summed E-state index contributed by atoms with van der Waals surface area (Å²) in [5.74, 6) is 0.281. The van der Waals surface area contributed by atoms with Gasteiger partial charge in [-0.15, -0.1) is 5.10 Å². The van der Waals surface area contributed by atoms with E-state index in [4.69, 9.17) is 9.47 Å². The predicted molar refractivity (Wildman–Crippen MR) is 98.8 cm³/mol. The molecule has 0 N–H and O–H groups in total. The fraction of sp³-hybridized carbons (Fsp3) is 0.500. The van der Waals surface area contributed by atoms with Gasteiger partial charge < -0.3 is 9.47 Å². The van der Waals surface area contributed by atoms with Gasteiger partial charge in [-0.2, -0.15) is 22.8 Å². The summed E-state index contributed by atoms with van der Waals surface area (Å²) in [4.78, 5) is 4.08. The summed E-state index contributed by atoms with van der Waals surface area (Å²) in [5, 5.41) is 4.23. The fourth-order valence-corrected chi connectivity index (χ4v) is 2.94. The summed E-state index contributed by atoms with van der Waals surface area (Å²) >= 11 is 3.33. The predicted octanol–water partition coefficient (Wildman–Crippen LogP) is 4.96. The van der Waals surface area contributed by atoms with Crippen molar-refractivity contribution in [1.82, 2.24) is 14.8 Å². The Labute approximate surface area is 159 Å². The molecular weight excluding hydrogens is 431 g/mol. The second-order valence-corrected chi connectivity index (χ2v) is 13.5. The van der Waals surface area contributed by atoms with E-state index in [0.29, 0.717) is 12.2 Å². The number of hydrogen-bond donors (Lipinski definition) is 0. The first-order valence-electron chi connectivity index (χ1n) is 8.02. The number of aromatic nitrogens is 3. The van der Waals surface area contributed by atoms with Gasteiger partial charge in [0, 0.05) is 24.7 Å². The molecule has 0 spiro atoms. The molecule has 0 radical (unpaired) electrons. The number of nitrogens with zero attached hydrogens (tertiary/aromatic N) is 3. The largest absolute Gasteiger partial charge is 0.454 e. The van der Waals surface area contributed by atoms with E-state index >= 15 is 0 Å². The highest BCUT2D eigenvalue weighted by Crippen LogP contribution is 2.23. The van der Waals surface area contributed by atoms with E-state index < -0.39 is 20.9 Å². The van der Waals surface area contributed by atoms with Gasteiger partial charge in [0.25, 0.3) is 0 Å². The lowest BCUT2D eigenvalue weighted by Crippen LogP contribution is -2.23. The summed E-state index contributed by atoms with van der Waals surface area (Å²) in [6.45, 7) is 5.73. The highest BCUT2D eigenvalue weighted by Gasteiger charge is 2.30. The Morgan fingerprint density at radius 1 is 1.15 bits per heavy atom. The van der Waals surface area contributed by atoms with E-state index in [0.717, 1.165) is 10.5 Å². The number of rotatable bonds is 8. The molecule has 144 valence electrons. The molecule has 0 aliphatic rings. The van der Waals surface area contributed by atoms with Crippen LogP contribution >= 0.6 is 15.9 Å². The zero-order valence-electron chi connectivity index (χ0n) is 14.8. The maximum absolute atomic E-state index is 12.5. The van der Waals surface area contributed by atoms with E-state index in [1.54, 1.807) is 24.3 Å². The van der Waals surface area contributed by atoms with E-state index in [1.807, 2.05) is 0 Å². The van der Waals surface area contributed by atoms with Crippen molar-refractivity contribution in [2.45, 2.75) is 38.6 Å². The first kappa shape index (κ1) is 20.9. The lowest BCUT2D eigenvalue weighted by molar-refractivity contribution is -0.155. The first-order valence-corrected chi connectivity index (χ1v) is 12.5. The summed E-state index contributed by atoms with van der Waals surface area (Å²) < 4.78 is 49.9. The molecule has 1 aromatic carbocycles. The van der Waals surface area contributed by atoms with Crippen LogP contribution in [0.2, 0.25) is 25.7 Å². The second kappa shape index (κ2) is 8.53. The van der Waals surface area contributed by atoms with Gasteiger partial charge in [0.1, 0.15) is 6.73 Å². The molecule has 10 heteroatoms. The van der Waals surface area contributed by atoms with Crippen LogP contribution in [0, 0.1) is 0 Å². The lowest BCUT2D eigenvalue weighted by Gasteiger charge is -2.15. The summed E-state index contributed by atoms with van der Waals surface area (Å²) in [5.41, 5.74) is 0.672. The number of hydrogen-bond acceptors (Lipinski definition) is 4. The van der Waals surface area contributed by atoms with Crippen LogP contribution < -0.4 is 4.74 Å². The van der Waals surface area contributed by atoms with Crippen molar-refractivity contribution < 1.29 is 22.6 Å². The van der Waals surface area contributed by atoms with Crippen LogP contribution in [0.5, 0.6) is 6.01 Å². The van der Waals surface area contributed by atoms with Gasteiger partial charge in [0.05, 0.1) is 0 Å². The highest BCUT2D eigenvalue weighted by molar-refractivity contribution is 9.10. The van der Waals surface area contributed by atoms with Crippen LogP contribution in [0.3, 0.4) is 0 Å². The summed E-state index contributed by atoms with van der Waals surface area (Å²) in [7, 11) is -1.26. The molecule has 1 aromatic heterocycles. The maximum atomic E-state index is 12.5. The molecule has 0 saturated heterocycles. The quantitative estimate of drug-likeness (QED) is 0.420. The summed E-state index contributed by atoms with van der Waals surface area (Å²) in [6, 6.07) is 7.87. The Morgan fingerprint density at radius 2 is 1.81 bits per heavy atom. The third-order valence-electron chi connectivity index (χ3n) is 3.32. The molecule has 0 atom stereocenters. The minimum absolute atomic E-state index is 0.0127. The van der Waals surface area contributed by atoms with Gasteiger partial charge in [-0.1, -0.05) is 47.7 Å². The molecule has 0 saturated carbocycles. The van der Waals surface area contributed by atoms with Gasteiger partial charge in [-0.05, 0) is 18.2 Å². The average molecular weight is 452 g/mol. The Morgan fingerprint density at radius 3 is 2.38 bits per heavy atom. The fourth-order valence-electron chi connectivity index (χ4n) is 1.92. The molecule has 0 unspecified atom stereocenters. The van der Waals surface area contributed by atoms with Gasteiger partial charge in [0.2, 0.25) is 0 Å². The lowest BCUT2D eigenvalue weighted by atomic mass is 10.2. The molecule has 5 nitrogen and oxygen atoms in total. The average Bonchev–Trinajstić information content (AvgIpc) is 2.92. The van der Waals surface area contributed by atoms with Crippen LogP contribution in [0.15, 0.2) is 28.7 Å². The molecule has 0 aliphatic carbocycles. The molecule has 0 fully saturated rings. The van der Waals surface area contributed by atoms with E-state index in [-0.39, 0.29) is 18.6 Å². The highest BCUT2D eigenvalue weighted by atomic mass is 79.9. The van der Waals surface area contributed by atoms with Crippen molar-refractivity contribution in [2.75, 3.05) is 13.2 Å². The Kier molecular flexibility index (Phi) is 6.86. The normalized spacial score (nSPS) is 12.4. The molecule has 0 aliphatic heterocycles. The van der Waals surface area contributed by atoms with Crippen LogP contribution in [0.4, 0.5) is 13.2 Å². The van der Waals surface area contributed by atoms with Crippen LogP contribution in [-0.2, 0) is 11.5 Å². The molecule has 2 aromatic rings. The van der Waals surface area contributed by atoms with Crippen LogP contribution in [0.25, 0.3) is 11.4 Å². The maximum Gasteiger partial charge on any atom is 0.422 e. The topological polar surface area (TPSA) is 49.2 Å². The molecule has 2 rings (SSSR count). The third-order valence-corrected chi connectivity index (χ3v) is 5.55. The van der Waals surface area contributed by atoms with E-state index in [1.165, 1.54) is 4.68 Å². The monoisotopic (exact) mass is 451 g/mol. The van der Waals surface area contributed by atoms with Gasteiger partial charge in [0.15, 0.2) is 12.4 Å². The third kappa shape index (κ3) is 7.08. The van der Waals surface area contributed by atoms with E-state index in [9.17, 15) is 13.2 Å². The van der Waals surface area contributed by atoms with Crippen molar-refractivity contribution in [3.8, 4) is 17.4 Å². The summed E-state index contributed by atoms with van der Waals surface area (Å²) in [6.07, 6.45) is -4.45. The van der Waals surface area contributed by atoms with Crippen molar-refractivity contribution in [3.05, 3.63) is 28.7 Å². The SMILES string of the molecule is C[Si](C)(C)CCOCn1nc(-c2ccc(Br)cc2)nc1OCC(F)(F)F. The Bertz CT molecular complexity index is 715. The van der Waals surface area contributed by atoms with Gasteiger partial charge in [-0.3, -0.25) is 0 Å². The van der Waals surface area contributed by atoms with Gasteiger partial charge >= 0.3 is 12.2 Å². The molecule has 1 heterocycles. The van der Waals surface area contributed by atoms with Crippen molar-refractivity contribution in [2.24, 2.45) is 0 Å². The van der Waals surface area contributed by atoms with Crippen LogP contribution in [0.1, 0.15) is 0 Å². The smallest absolute Gasteiger partial charge is 0.422 e. The van der Waals surface area contributed by atoms with E-state index in [2.05, 4.69) is 45.7 Å². The zero-order chi connectivity index (χ0) is 19.4. The van der Waals surface area contributed by atoms with Gasteiger partial charge in [-0.25, -0.2) is 0 Å². The molecule has 26 heavy (non-hydrogen) atoms. The second-order valence-electron chi connectivity index (χ2n) is 6.98. The van der Waals surface area contributed by atoms with Crippen molar-refractivity contribution in [1.29, 1.82) is 0 Å². The molecule has 0 amide bonds. The Hall–Kier alpha value is -1.39. The molecular formula is C16H21BrF3N3O2Si. The number of alkyl halides is 3. The zero-order valence-corrected chi connectivity index (χ0v) is 17.4. The van der Waals surface area contributed by atoms with Crippen molar-refractivity contribution >= 4 is 24.0 Å². The molecule has 0 bridgehead atoms. The van der Waals surface area contributed by atoms with Crippen molar-refractivity contribution in [3.63, 3.8) is 0 Å². The number of halogens is 4. The minimum Gasteiger partial charge on any atom is -0.454 e. The minimum atomic E-state index is -4.45. The first-order chi connectivity index (χ1) is 12.0. The van der Waals surface area contributed by atoms with Crippen LogP contribution in [-0.4, -0.2) is 42.2 Å². The Balaban J connectivity index is 2.13.